The van der Waals surface area contributed by atoms with Gasteiger partial charge in [0.15, 0.2) is 0 Å². The minimum absolute atomic E-state index is 0.819. The van der Waals surface area contributed by atoms with Crippen LogP contribution >= 0.6 is 0 Å². The Kier molecular flexibility index (Phi) is 3.58. The van der Waals surface area contributed by atoms with Gasteiger partial charge in [-0.2, -0.15) is 0 Å². The van der Waals surface area contributed by atoms with Gasteiger partial charge in [0.25, 0.3) is 0 Å². The van der Waals surface area contributed by atoms with Gasteiger partial charge in [0.2, 0.25) is 0 Å². The summed E-state index contributed by atoms with van der Waals surface area (Å²) in [4.78, 5) is 0. The fourth-order valence-electron chi connectivity index (χ4n) is 2.75. The van der Waals surface area contributed by atoms with Gasteiger partial charge < -0.3 is 0 Å². The maximum absolute atomic E-state index is 2.42. The van der Waals surface area contributed by atoms with Crippen molar-refractivity contribution in [3.8, 4) is 0 Å². The van der Waals surface area contributed by atoms with Gasteiger partial charge in [-0.1, -0.05) is 31.9 Å². The molecule has 0 aromatic rings. The lowest BCUT2D eigenvalue weighted by Gasteiger charge is -2.22. The second-order valence-electron chi connectivity index (χ2n) is 4.84. The van der Waals surface area contributed by atoms with Crippen molar-refractivity contribution in [3.05, 3.63) is 11.1 Å². The summed E-state index contributed by atoms with van der Waals surface area (Å²) in [5, 5.41) is 0. The Hall–Kier alpha value is -0.260. The van der Waals surface area contributed by atoms with E-state index in [0.717, 1.165) is 17.8 Å². The topological polar surface area (TPSA) is 0 Å². The molecule has 76 valence electrons. The van der Waals surface area contributed by atoms with Crippen LogP contribution in [0.2, 0.25) is 0 Å². The van der Waals surface area contributed by atoms with Crippen molar-refractivity contribution in [1.29, 1.82) is 0 Å². The molecular formula is C13H24. The SMILES string of the molecule is CCC1C(C)=C(C)C(C)CCC1C. The van der Waals surface area contributed by atoms with Gasteiger partial charge in [-0.3, -0.25) is 0 Å². The third-order valence-corrected chi connectivity index (χ3v) is 4.10. The molecule has 0 aromatic heterocycles. The number of hydrogen-bond donors (Lipinski definition) is 0. The van der Waals surface area contributed by atoms with Crippen LogP contribution in [0.4, 0.5) is 0 Å². The molecule has 0 nitrogen and oxygen atoms in total. The molecule has 13 heavy (non-hydrogen) atoms. The summed E-state index contributed by atoms with van der Waals surface area (Å²) >= 11 is 0. The molecule has 0 N–H and O–H groups in total. The van der Waals surface area contributed by atoms with Crippen LogP contribution in [-0.2, 0) is 0 Å². The fourth-order valence-corrected chi connectivity index (χ4v) is 2.75. The summed E-state index contributed by atoms with van der Waals surface area (Å²) in [5.74, 6) is 2.56. The van der Waals surface area contributed by atoms with Gasteiger partial charge in [0, 0.05) is 0 Å². The van der Waals surface area contributed by atoms with Crippen LogP contribution in [-0.4, -0.2) is 0 Å². The Morgan fingerprint density at radius 1 is 1.08 bits per heavy atom. The van der Waals surface area contributed by atoms with Gasteiger partial charge >= 0.3 is 0 Å². The molecule has 0 fully saturated rings. The number of rotatable bonds is 1. The maximum atomic E-state index is 2.42. The highest BCUT2D eigenvalue weighted by atomic mass is 14.3. The van der Waals surface area contributed by atoms with Crippen molar-refractivity contribution in [2.45, 2.75) is 53.9 Å². The second kappa shape index (κ2) is 4.30. The molecule has 0 saturated heterocycles. The molecule has 0 radical (unpaired) electrons. The van der Waals surface area contributed by atoms with Gasteiger partial charge in [-0.15, -0.1) is 0 Å². The molecule has 3 atom stereocenters. The Labute approximate surface area is 83.4 Å². The second-order valence-corrected chi connectivity index (χ2v) is 4.84. The first-order valence-corrected chi connectivity index (χ1v) is 5.75. The minimum Gasteiger partial charge on any atom is -0.0713 e. The molecule has 0 heterocycles. The zero-order chi connectivity index (χ0) is 10.0. The maximum Gasteiger partial charge on any atom is -0.0180 e. The Morgan fingerprint density at radius 3 is 2.23 bits per heavy atom. The van der Waals surface area contributed by atoms with Gasteiger partial charge in [-0.25, -0.2) is 0 Å². The molecule has 0 spiro atoms. The van der Waals surface area contributed by atoms with E-state index < -0.39 is 0 Å². The van der Waals surface area contributed by atoms with Gasteiger partial charge in [0.05, 0.1) is 0 Å². The van der Waals surface area contributed by atoms with Crippen LogP contribution in [0.5, 0.6) is 0 Å². The Balaban J connectivity index is 2.92. The molecule has 0 saturated carbocycles. The summed E-state index contributed by atoms with van der Waals surface area (Å²) in [6.45, 7) is 11.8. The van der Waals surface area contributed by atoms with Gasteiger partial charge in [-0.05, 0) is 50.9 Å². The van der Waals surface area contributed by atoms with E-state index in [0.29, 0.717) is 0 Å². The molecule has 1 rings (SSSR count). The molecule has 0 bridgehead atoms. The van der Waals surface area contributed by atoms with Crippen LogP contribution in [0.1, 0.15) is 53.9 Å². The quantitative estimate of drug-likeness (QED) is 0.524. The highest BCUT2D eigenvalue weighted by molar-refractivity contribution is 5.17. The third kappa shape index (κ3) is 2.15. The molecule has 0 heteroatoms. The first-order chi connectivity index (χ1) is 6.07. The van der Waals surface area contributed by atoms with E-state index in [9.17, 15) is 0 Å². The first kappa shape index (κ1) is 10.8. The van der Waals surface area contributed by atoms with Crippen LogP contribution in [0.3, 0.4) is 0 Å². The lowest BCUT2D eigenvalue weighted by atomic mass is 9.84. The Bertz CT molecular complexity index is 200. The summed E-state index contributed by atoms with van der Waals surface area (Å²) < 4.78 is 0. The average molecular weight is 180 g/mol. The minimum atomic E-state index is 0.819. The molecule has 1 aliphatic rings. The third-order valence-electron chi connectivity index (χ3n) is 4.10. The van der Waals surface area contributed by atoms with Crippen molar-refractivity contribution >= 4 is 0 Å². The van der Waals surface area contributed by atoms with Crippen molar-refractivity contribution in [1.82, 2.24) is 0 Å². The van der Waals surface area contributed by atoms with Crippen molar-refractivity contribution < 1.29 is 0 Å². The van der Waals surface area contributed by atoms with E-state index in [2.05, 4.69) is 34.6 Å². The predicted octanol–water partition coefficient (Wildman–Crippen LogP) is 4.42. The smallest absolute Gasteiger partial charge is 0.0180 e. The van der Waals surface area contributed by atoms with E-state index in [4.69, 9.17) is 0 Å². The highest BCUT2D eigenvalue weighted by Crippen LogP contribution is 2.37. The lowest BCUT2D eigenvalue weighted by molar-refractivity contribution is 0.369. The van der Waals surface area contributed by atoms with E-state index >= 15 is 0 Å². The zero-order valence-corrected chi connectivity index (χ0v) is 9.85. The molecular weight excluding hydrogens is 156 g/mol. The number of allylic oxidation sites excluding steroid dienone is 2. The van der Waals surface area contributed by atoms with Crippen molar-refractivity contribution in [2.75, 3.05) is 0 Å². The van der Waals surface area contributed by atoms with Crippen LogP contribution in [0.25, 0.3) is 0 Å². The summed E-state index contributed by atoms with van der Waals surface area (Å²) in [7, 11) is 0. The van der Waals surface area contributed by atoms with Crippen LogP contribution in [0, 0.1) is 17.8 Å². The molecule has 0 aromatic carbocycles. The van der Waals surface area contributed by atoms with Crippen molar-refractivity contribution in [2.24, 2.45) is 17.8 Å². The largest absolute Gasteiger partial charge is 0.0713 e. The van der Waals surface area contributed by atoms with E-state index in [1.807, 2.05) is 0 Å². The monoisotopic (exact) mass is 180 g/mol. The van der Waals surface area contributed by atoms with Gasteiger partial charge in [0.1, 0.15) is 0 Å². The number of hydrogen-bond acceptors (Lipinski definition) is 0. The summed E-state index contributed by atoms with van der Waals surface area (Å²) in [5.41, 5.74) is 3.34. The average Bonchev–Trinajstić information content (AvgIpc) is 2.20. The zero-order valence-electron chi connectivity index (χ0n) is 9.85. The van der Waals surface area contributed by atoms with E-state index in [-0.39, 0.29) is 0 Å². The van der Waals surface area contributed by atoms with Crippen LogP contribution < -0.4 is 0 Å². The van der Waals surface area contributed by atoms with Crippen molar-refractivity contribution in [3.63, 3.8) is 0 Å². The van der Waals surface area contributed by atoms with Crippen LogP contribution in [0.15, 0.2) is 11.1 Å². The molecule has 1 aliphatic carbocycles. The highest BCUT2D eigenvalue weighted by Gasteiger charge is 2.24. The normalized spacial score (nSPS) is 36.2. The Morgan fingerprint density at radius 2 is 1.69 bits per heavy atom. The van der Waals surface area contributed by atoms with E-state index in [1.54, 1.807) is 11.1 Å². The predicted molar refractivity (Wildman–Crippen MR) is 59.7 cm³/mol. The van der Waals surface area contributed by atoms with E-state index in [1.165, 1.54) is 19.3 Å². The lowest BCUT2D eigenvalue weighted by Crippen LogP contribution is -2.11. The fraction of sp³-hybridized carbons (Fsp3) is 0.846. The first-order valence-electron chi connectivity index (χ1n) is 5.75. The molecule has 0 aliphatic heterocycles. The molecule has 0 amide bonds. The summed E-state index contributed by atoms with van der Waals surface area (Å²) in [6, 6.07) is 0. The molecule has 3 unspecified atom stereocenters. The summed E-state index contributed by atoms with van der Waals surface area (Å²) in [6.07, 6.45) is 4.12. The standard InChI is InChI=1S/C13H24/c1-6-13-10(3)8-7-9(2)11(4)12(13)5/h9-10,13H,6-8H2,1-5H3.